The molecule has 0 aromatic heterocycles. The minimum absolute atomic E-state index is 0.135. The van der Waals surface area contributed by atoms with Crippen molar-refractivity contribution in [3.8, 4) is 0 Å². The summed E-state index contributed by atoms with van der Waals surface area (Å²) >= 11 is 0. The quantitative estimate of drug-likeness (QED) is 0.604. The Morgan fingerprint density at radius 2 is 2.05 bits per heavy atom. The molecule has 0 spiro atoms. The molecule has 0 saturated carbocycles. The fourth-order valence-corrected chi connectivity index (χ4v) is 2.19. The Morgan fingerprint density at radius 1 is 1.42 bits per heavy atom. The van der Waals surface area contributed by atoms with Crippen LogP contribution in [0.2, 0.25) is 0 Å². The molecule has 0 saturated heterocycles. The van der Waals surface area contributed by atoms with Gasteiger partial charge in [0.1, 0.15) is 11.8 Å². The monoisotopic (exact) mass is 287 g/mol. The number of carbonyl (C=O) groups excluding carboxylic acids is 1. The summed E-state index contributed by atoms with van der Waals surface area (Å²) in [4.78, 5) is 11.7. The highest BCUT2D eigenvalue weighted by molar-refractivity contribution is 7.85. The first kappa shape index (κ1) is 15.5. The van der Waals surface area contributed by atoms with Gasteiger partial charge in [-0.2, -0.15) is 8.42 Å². The highest BCUT2D eigenvalue weighted by Gasteiger charge is 2.25. The second-order valence-corrected chi connectivity index (χ2v) is 5.51. The number of rotatable bonds is 6. The highest BCUT2D eigenvalue weighted by atomic mass is 32.2. The van der Waals surface area contributed by atoms with Crippen molar-refractivity contribution in [2.24, 2.45) is 0 Å². The zero-order valence-corrected chi connectivity index (χ0v) is 11.6. The van der Waals surface area contributed by atoms with Crippen LogP contribution in [-0.4, -0.2) is 37.3 Å². The van der Waals surface area contributed by atoms with E-state index >= 15 is 0 Å². The zero-order valence-electron chi connectivity index (χ0n) is 10.8. The Bertz CT molecular complexity index is 541. The van der Waals surface area contributed by atoms with Gasteiger partial charge < -0.3 is 10.1 Å². The summed E-state index contributed by atoms with van der Waals surface area (Å²) in [6.07, 6.45) is 0. The van der Waals surface area contributed by atoms with Gasteiger partial charge in [0.25, 0.3) is 10.1 Å². The van der Waals surface area contributed by atoms with Gasteiger partial charge in [-0.25, -0.2) is 4.79 Å². The highest BCUT2D eigenvalue weighted by Crippen LogP contribution is 2.15. The van der Waals surface area contributed by atoms with E-state index in [0.29, 0.717) is 5.69 Å². The fraction of sp³-hybridized carbons (Fsp3) is 0.417. The van der Waals surface area contributed by atoms with Crippen molar-refractivity contribution in [1.29, 1.82) is 0 Å². The van der Waals surface area contributed by atoms with E-state index in [1.807, 2.05) is 19.1 Å². The van der Waals surface area contributed by atoms with E-state index in [0.717, 1.165) is 5.56 Å². The molecule has 1 rings (SSSR count). The lowest BCUT2D eigenvalue weighted by atomic mass is 10.2. The largest absolute Gasteiger partial charge is 0.464 e. The third-order valence-electron chi connectivity index (χ3n) is 2.42. The molecule has 1 aromatic rings. The molecule has 1 aromatic carbocycles. The summed E-state index contributed by atoms with van der Waals surface area (Å²) < 4.78 is 35.5. The number of hydrogen-bond acceptors (Lipinski definition) is 5. The zero-order chi connectivity index (χ0) is 14.5. The number of anilines is 1. The molecule has 0 radical (unpaired) electrons. The summed E-state index contributed by atoms with van der Waals surface area (Å²) in [6, 6.07) is 5.97. The summed E-state index contributed by atoms with van der Waals surface area (Å²) in [5, 5.41) is 2.77. The molecule has 6 nitrogen and oxygen atoms in total. The summed E-state index contributed by atoms with van der Waals surface area (Å²) in [7, 11) is -4.28. The lowest BCUT2D eigenvalue weighted by molar-refractivity contribution is -0.143. The Kier molecular flexibility index (Phi) is 5.31. The third-order valence-corrected chi connectivity index (χ3v) is 3.18. The molecule has 0 aliphatic rings. The second-order valence-electron chi connectivity index (χ2n) is 4.01. The first-order valence-electron chi connectivity index (χ1n) is 5.77. The van der Waals surface area contributed by atoms with Gasteiger partial charge >= 0.3 is 5.97 Å². The normalized spacial score (nSPS) is 12.8. The van der Waals surface area contributed by atoms with E-state index in [2.05, 4.69) is 5.32 Å². The molecule has 0 bridgehead atoms. The van der Waals surface area contributed by atoms with Crippen LogP contribution in [0.15, 0.2) is 24.3 Å². The molecular weight excluding hydrogens is 270 g/mol. The van der Waals surface area contributed by atoms with Crippen molar-refractivity contribution in [2.75, 3.05) is 17.7 Å². The molecule has 19 heavy (non-hydrogen) atoms. The summed E-state index contributed by atoms with van der Waals surface area (Å²) in [5.74, 6) is -1.46. The van der Waals surface area contributed by atoms with Gasteiger partial charge in [0, 0.05) is 5.69 Å². The van der Waals surface area contributed by atoms with Gasteiger partial charge in [-0.3, -0.25) is 4.55 Å². The molecule has 106 valence electrons. The smallest absolute Gasteiger partial charge is 0.329 e. The molecule has 1 atom stereocenters. The lowest BCUT2D eigenvalue weighted by Crippen LogP contribution is -2.37. The van der Waals surface area contributed by atoms with E-state index < -0.39 is 27.9 Å². The van der Waals surface area contributed by atoms with Crippen LogP contribution in [0, 0.1) is 6.92 Å². The van der Waals surface area contributed by atoms with Crippen LogP contribution in [0.25, 0.3) is 0 Å². The van der Waals surface area contributed by atoms with Crippen LogP contribution in [-0.2, 0) is 19.6 Å². The molecule has 0 fully saturated rings. The van der Waals surface area contributed by atoms with Crippen molar-refractivity contribution in [2.45, 2.75) is 19.9 Å². The number of benzene rings is 1. The topological polar surface area (TPSA) is 92.7 Å². The number of aryl methyl sites for hydroxylation is 1. The maximum Gasteiger partial charge on any atom is 0.329 e. The Balaban J connectivity index is 2.91. The Hall–Kier alpha value is -1.60. The van der Waals surface area contributed by atoms with E-state index in [1.54, 1.807) is 19.1 Å². The van der Waals surface area contributed by atoms with Crippen LogP contribution >= 0.6 is 0 Å². The number of hydrogen-bond donors (Lipinski definition) is 2. The molecule has 0 heterocycles. The van der Waals surface area contributed by atoms with Crippen molar-refractivity contribution >= 4 is 21.8 Å². The van der Waals surface area contributed by atoms with Crippen molar-refractivity contribution < 1.29 is 22.5 Å². The number of para-hydroxylation sites is 1. The second kappa shape index (κ2) is 6.53. The van der Waals surface area contributed by atoms with Gasteiger partial charge in [-0.15, -0.1) is 0 Å². The van der Waals surface area contributed by atoms with Gasteiger partial charge in [-0.05, 0) is 25.5 Å². The molecule has 0 aliphatic heterocycles. The van der Waals surface area contributed by atoms with Crippen LogP contribution in [0.4, 0.5) is 5.69 Å². The predicted molar refractivity (Wildman–Crippen MR) is 71.6 cm³/mol. The molecule has 0 aliphatic carbocycles. The summed E-state index contributed by atoms with van der Waals surface area (Å²) in [5.41, 5.74) is 1.47. The minimum Gasteiger partial charge on any atom is -0.464 e. The van der Waals surface area contributed by atoms with Crippen LogP contribution in [0.1, 0.15) is 12.5 Å². The lowest BCUT2D eigenvalue weighted by Gasteiger charge is -2.18. The predicted octanol–water partition coefficient (Wildman–Crippen LogP) is 1.23. The minimum atomic E-state index is -4.28. The number of nitrogens with one attached hydrogen (secondary N) is 1. The molecule has 2 N–H and O–H groups in total. The first-order valence-corrected chi connectivity index (χ1v) is 7.38. The van der Waals surface area contributed by atoms with Crippen LogP contribution in [0.3, 0.4) is 0 Å². The maximum absolute atomic E-state index is 11.7. The number of ether oxygens (including phenoxy) is 1. The maximum atomic E-state index is 11.7. The fourth-order valence-electron chi connectivity index (χ4n) is 1.54. The number of esters is 1. The molecular formula is C12H17NO5S. The van der Waals surface area contributed by atoms with E-state index in [1.165, 1.54) is 0 Å². The Morgan fingerprint density at radius 3 is 2.58 bits per heavy atom. The van der Waals surface area contributed by atoms with E-state index in [-0.39, 0.29) is 6.61 Å². The van der Waals surface area contributed by atoms with Gasteiger partial charge in [0.15, 0.2) is 0 Å². The van der Waals surface area contributed by atoms with Crippen LogP contribution < -0.4 is 5.32 Å². The van der Waals surface area contributed by atoms with Crippen molar-refractivity contribution in [1.82, 2.24) is 0 Å². The van der Waals surface area contributed by atoms with Gasteiger partial charge in [-0.1, -0.05) is 18.2 Å². The third kappa shape index (κ3) is 5.27. The molecule has 0 amide bonds. The average molecular weight is 287 g/mol. The standard InChI is InChI=1S/C12H17NO5S/c1-3-18-12(14)11(8-19(15,16)17)13-10-7-5-4-6-9(10)2/h4-7,11,13H,3,8H2,1-2H3,(H,15,16,17)/t11-/m0/s1. The van der Waals surface area contributed by atoms with Crippen molar-refractivity contribution in [3.05, 3.63) is 29.8 Å². The molecule has 0 unspecified atom stereocenters. The van der Waals surface area contributed by atoms with Crippen molar-refractivity contribution in [3.63, 3.8) is 0 Å². The van der Waals surface area contributed by atoms with Gasteiger partial charge in [0.2, 0.25) is 0 Å². The number of carbonyl (C=O) groups is 1. The van der Waals surface area contributed by atoms with E-state index in [9.17, 15) is 13.2 Å². The Labute approximate surface area is 112 Å². The average Bonchev–Trinajstić information content (AvgIpc) is 2.29. The van der Waals surface area contributed by atoms with E-state index in [4.69, 9.17) is 9.29 Å². The summed E-state index contributed by atoms with van der Waals surface area (Å²) in [6.45, 7) is 3.57. The van der Waals surface area contributed by atoms with Gasteiger partial charge in [0.05, 0.1) is 6.61 Å². The van der Waals surface area contributed by atoms with Crippen LogP contribution in [0.5, 0.6) is 0 Å². The SMILES string of the molecule is CCOC(=O)[C@H](CS(=O)(=O)O)Nc1ccccc1C. The first-order chi connectivity index (χ1) is 8.83. The molecule has 7 heteroatoms.